The van der Waals surface area contributed by atoms with Gasteiger partial charge in [-0.2, -0.15) is 0 Å². The van der Waals surface area contributed by atoms with E-state index in [2.05, 4.69) is 27.2 Å². The Balaban J connectivity index is 1.62. The SMILES string of the molecule is C=Cc1cc(C(=O)Nc2ccc(C(N)=NCOC(C)OC(=O)C(C)C)cc2)c(-c2ccc(C(=O)NCC3CC3)nc2C(=O)OCOC(=O)[C@@H](N)C(C)CC)cc1OC. The zero-order valence-corrected chi connectivity index (χ0v) is 33.7. The van der Waals surface area contributed by atoms with Gasteiger partial charge in [-0.05, 0) is 80.1 Å². The third-order valence-corrected chi connectivity index (χ3v) is 9.35. The van der Waals surface area contributed by atoms with Gasteiger partial charge in [-0.25, -0.2) is 14.8 Å². The van der Waals surface area contributed by atoms with Crippen LogP contribution in [-0.4, -0.2) is 80.1 Å². The van der Waals surface area contributed by atoms with Gasteiger partial charge in [0.25, 0.3) is 11.8 Å². The van der Waals surface area contributed by atoms with Crippen LogP contribution < -0.4 is 26.8 Å². The summed E-state index contributed by atoms with van der Waals surface area (Å²) in [6.45, 7) is 12.1. The summed E-state index contributed by atoms with van der Waals surface area (Å²) >= 11 is 0. The molecule has 16 nitrogen and oxygen atoms in total. The van der Waals surface area contributed by atoms with Gasteiger partial charge >= 0.3 is 17.9 Å². The molecule has 4 rings (SSSR count). The van der Waals surface area contributed by atoms with Gasteiger partial charge in [0.05, 0.1) is 13.0 Å². The Morgan fingerprint density at radius 3 is 2.29 bits per heavy atom. The maximum atomic E-state index is 14.1. The molecule has 58 heavy (non-hydrogen) atoms. The van der Waals surface area contributed by atoms with Crippen molar-refractivity contribution in [3.8, 4) is 16.9 Å². The Bertz CT molecular complexity index is 2010. The van der Waals surface area contributed by atoms with Crippen molar-refractivity contribution in [2.75, 3.05) is 32.5 Å². The second-order valence-corrected chi connectivity index (χ2v) is 14.0. The second kappa shape index (κ2) is 20.9. The van der Waals surface area contributed by atoms with E-state index in [0.717, 1.165) is 12.8 Å². The lowest BCUT2D eigenvalue weighted by atomic mass is 9.94. The van der Waals surface area contributed by atoms with Gasteiger partial charge in [0.1, 0.15) is 30.1 Å². The third-order valence-electron chi connectivity index (χ3n) is 9.35. The molecule has 16 heteroatoms. The van der Waals surface area contributed by atoms with E-state index in [4.69, 9.17) is 35.2 Å². The third kappa shape index (κ3) is 12.2. The van der Waals surface area contributed by atoms with E-state index in [-0.39, 0.29) is 52.5 Å². The summed E-state index contributed by atoms with van der Waals surface area (Å²) in [5.74, 6) is -2.86. The van der Waals surface area contributed by atoms with Crippen molar-refractivity contribution in [1.82, 2.24) is 10.3 Å². The number of nitrogens with zero attached hydrogens (tertiary/aromatic N) is 2. The molecule has 0 aliphatic heterocycles. The number of nitrogens with one attached hydrogen (secondary N) is 2. The number of nitrogens with two attached hydrogens (primary N) is 2. The number of carbonyl (C=O) groups is 5. The number of aromatic nitrogens is 1. The van der Waals surface area contributed by atoms with E-state index in [9.17, 15) is 24.0 Å². The molecular formula is C42H52N6O10. The summed E-state index contributed by atoms with van der Waals surface area (Å²) < 4.78 is 26.6. The van der Waals surface area contributed by atoms with Crippen LogP contribution in [0, 0.1) is 17.8 Å². The largest absolute Gasteiger partial charge is 0.496 e. The minimum absolute atomic E-state index is 0.0636. The summed E-state index contributed by atoms with van der Waals surface area (Å²) in [5, 5.41) is 5.68. The normalized spacial score (nSPS) is 14.1. The molecule has 6 N–H and O–H groups in total. The Hall–Kier alpha value is -6.13. The van der Waals surface area contributed by atoms with Gasteiger partial charge in [0.15, 0.2) is 5.69 Å². The summed E-state index contributed by atoms with van der Waals surface area (Å²) in [6, 6.07) is 11.6. The molecule has 0 saturated heterocycles. The summed E-state index contributed by atoms with van der Waals surface area (Å²) in [6.07, 6.45) is 3.35. The highest BCUT2D eigenvalue weighted by Crippen LogP contribution is 2.35. The van der Waals surface area contributed by atoms with Crippen LogP contribution in [0.2, 0.25) is 0 Å². The van der Waals surface area contributed by atoms with Crippen molar-refractivity contribution >= 4 is 47.3 Å². The Morgan fingerprint density at radius 2 is 1.67 bits per heavy atom. The van der Waals surface area contributed by atoms with E-state index in [1.165, 1.54) is 25.3 Å². The van der Waals surface area contributed by atoms with Crippen molar-refractivity contribution in [3.63, 3.8) is 0 Å². The zero-order valence-electron chi connectivity index (χ0n) is 33.7. The number of anilines is 1. The van der Waals surface area contributed by atoms with Crippen molar-refractivity contribution in [3.05, 3.63) is 83.2 Å². The quantitative estimate of drug-likeness (QED) is 0.0508. The molecule has 0 spiro atoms. The summed E-state index contributed by atoms with van der Waals surface area (Å²) in [4.78, 5) is 73.7. The van der Waals surface area contributed by atoms with E-state index in [0.29, 0.717) is 41.4 Å². The lowest BCUT2D eigenvalue weighted by Crippen LogP contribution is -2.38. The number of ether oxygens (including phenoxy) is 5. The number of hydrogen-bond donors (Lipinski definition) is 4. The van der Waals surface area contributed by atoms with Gasteiger partial charge in [0.2, 0.25) is 13.1 Å². The van der Waals surface area contributed by atoms with Crippen LogP contribution >= 0.6 is 0 Å². The number of pyridine rings is 1. The summed E-state index contributed by atoms with van der Waals surface area (Å²) in [7, 11) is 1.44. The first-order chi connectivity index (χ1) is 27.7. The van der Waals surface area contributed by atoms with Crippen molar-refractivity contribution in [2.24, 2.45) is 34.2 Å². The molecule has 2 aromatic carbocycles. The first kappa shape index (κ1) is 44.6. The maximum Gasteiger partial charge on any atom is 0.360 e. The van der Waals surface area contributed by atoms with Crippen LogP contribution in [0.3, 0.4) is 0 Å². The predicted molar refractivity (Wildman–Crippen MR) is 217 cm³/mol. The molecule has 0 bridgehead atoms. The van der Waals surface area contributed by atoms with E-state index < -0.39 is 48.8 Å². The number of methoxy groups -OCH3 is 1. The molecule has 1 aliphatic carbocycles. The van der Waals surface area contributed by atoms with Gasteiger partial charge in [-0.1, -0.05) is 46.8 Å². The average Bonchev–Trinajstić information content (AvgIpc) is 4.06. The van der Waals surface area contributed by atoms with Crippen LogP contribution in [0.15, 0.2) is 60.1 Å². The minimum atomic E-state index is -1.03. The summed E-state index contributed by atoms with van der Waals surface area (Å²) in [5.41, 5.74) is 13.6. The number of amides is 2. The van der Waals surface area contributed by atoms with E-state index in [1.807, 2.05) is 6.92 Å². The fourth-order valence-electron chi connectivity index (χ4n) is 5.30. The number of carbonyl (C=O) groups excluding carboxylic acids is 5. The molecule has 3 atom stereocenters. The second-order valence-electron chi connectivity index (χ2n) is 14.0. The van der Waals surface area contributed by atoms with Gasteiger partial charge in [-0.15, -0.1) is 0 Å². The number of rotatable bonds is 20. The number of aliphatic imine (C=N–C) groups is 1. The highest BCUT2D eigenvalue weighted by molar-refractivity contribution is 6.11. The monoisotopic (exact) mass is 800 g/mol. The molecular weight excluding hydrogens is 748 g/mol. The van der Waals surface area contributed by atoms with Crippen LogP contribution in [0.25, 0.3) is 17.2 Å². The molecule has 1 heterocycles. The van der Waals surface area contributed by atoms with Gasteiger partial charge < -0.3 is 45.8 Å². The molecule has 2 unspecified atom stereocenters. The zero-order chi connectivity index (χ0) is 42.5. The Labute approximate surface area is 337 Å². The molecule has 0 radical (unpaired) electrons. The maximum absolute atomic E-state index is 14.1. The molecule has 1 aliphatic rings. The van der Waals surface area contributed by atoms with Crippen molar-refractivity contribution < 1.29 is 47.7 Å². The molecule has 1 fully saturated rings. The smallest absolute Gasteiger partial charge is 0.360 e. The average molecular weight is 801 g/mol. The van der Waals surface area contributed by atoms with Crippen molar-refractivity contribution in [1.29, 1.82) is 0 Å². The first-order valence-corrected chi connectivity index (χ1v) is 18.9. The highest BCUT2D eigenvalue weighted by atomic mass is 16.7. The standard InChI is InChI=1S/C42H52N6O10/c1-8-24(5)35(43)41(52)56-22-57-42(53)36-30(16-17-33(48-36)39(50)45-20-26-10-11-26)31-19-34(54-7)27(9-2)18-32(31)38(49)47-29-14-12-28(13-15-29)37(44)46-21-55-25(6)58-40(51)23(3)4/h9,12-19,23-26,35H,2,8,10-11,20-22,43H2,1,3-7H3,(H2,44,46)(H,45,50)(H,47,49)/t24?,25?,35-/m0/s1. The lowest BCUT2D eigenvalue weighted by Gasteiger charge is -2.18. The van der Waals surface area contributed by atoms with Crippen molar-refractivity contribution in [2.45, 2.75) is 66.2 Å². The van der Waals surface area contributed by atoms with Crippen LogP contribution in [-0.2, 0) is 28.5 Å². The van der Waals surface area contributed by atoms with E-state index in [1.54, 1.807) is 64.1 Å². The van der Waals surface area contributed by atoms with Crippen LogP contribution in [0.4, 0.5) is 5.69 Å². The molecule has 1 aromatic heterocycles. The highest BCUT2D eigenvalue weighted by Gasteiger charge is 2.27. The topological polar surface area (TPSA) is 233 Å². The molecule has 2 amide bonds. The van der Waals surface area contributed by atoms with Crippen LogP contribution in [0.1, 0.15) is 96.3 Å². The number of esters is 3. The molecule has 3 aromatic rings. The Kier molecular flexibility index (Phi) is 16.0. The minimum Gasteiger partial charge on any atom is -0.496 e. The first-order valence-electron chi connectivity index (χ1n) is 18.9. The van der Waals surface area contributed by atoms with Gasteiger partial charge in [-0.3, -0.25) is 19.2 Å². The van der Waals surface area contributed by atoms with Crippen LogP contribution in [0.5, 0.6) is 5.75 Å². The Morgan fingerprint density at radius 1 is 0.966 bits per heavy atom. The number of amidine groups is 1. The number of benzene rings is 2. The van der Waals surface area contributed by atoms with E-state index >= 15 is 0 Å². The molecule has 1 saturated carbocycles. The molecule has 310 valence electrons. The number of hydrogen-bond acceptors (Lipinski definition) is 13. The fourth-order valence-corrected chi connectivity index (χ4v) is 5.30. The lowest BCUT2D eigenvalue weighted by molar-refractivity contribution is -0.177. The fraction of sp³-hybridized carbons (Fsp3) is 0.405. The van der Waals surface area contributed by atoms with Gasteiger partial charge in [0, 0.05) is 40.0 Å². The predicted octanol–water partition coefficient (Wildman–Crippen LogP) is 5.05.